The lowest BCUT2D eigenvalue weighted by Crippen LogP contribution is -2.42. The van der Waals surface area contributed by atoms with E-state index in [1.807, 2.05) is 13.8 Å². The minimum absolute atomic E-state index is 0.0908. The van der Waals surface area contributed by atoms with E-state index in [0.717, 1.165) is 12.8 Å². The van der Waals surface area contributed by atoms with E-state index in [4.69, 9.17) is 4.18 Å². The van der Waals surface area contributed by atoms with Gasteiger partial charge in [-0.2, -0.15) is 0 Å². The Kier molecular flexibility index (Phi) is 2.84. The van der Waals surface area contributed by atoms with E-state index in [1.54, 1.807) is 0 Å². The molecule has 0 radical (unpaired) electrons. The number of rotatable bonds is 1. The summed E-state index contributed by atoms with van der Waals surface area (Å²) in [5.74, 6) is 0. The highest BCUT2D eigenvalue weighted by molar-refractivity contribution is 7.96. The van der Waals surface area contributed by atoms with Gasteiger partial charge in [0, 0.05) is 18.5 Å². The fourth-order valence-corrected chi connectivity index (χ4v) is 1.93. The smallest absolute Gasteiger partial charge is 0.0731 e. The summed E-state index contributed by atoms with van der Waals surface area (Å²) in [6.45, 7) is 6.12. The highest BCUT2D eigenvalue weighted by Crippen LogP contribution is 2.40. The van der Waals surface area contributed by atoms with Crippen molar-refractivity contribution >= 4 is 12.0 Å². The quantitative estimate of drug-likeness (QED) is 0.619. The summed E-state index contributed by atoms with van der Waals surface area (Å²) in [7, 11) is 0. The maximum Gasteiger partial charge on any atom is 0.0731 e. The van der Waals surface area contributed by atoms with Gasteiger partial charge in [-0.25, -0.2) is 0 Å². The van der Waals surface area contributed by atoms with Gasteiger partial charge >= 0.3 is 0 Å². The SMILES string of the molecule is CC[C@@]1(C)SO[C@H](C)C[C@@H]1O. The number of aliphatic hydroxyl groups excluding tert-OH is 1. The maximum atomic E-state index is 9.70. The predicted octanol–water partition coefficient (Wildman–Crippen LogP) is 1.97. The number of hydrogen-bond acceptors (Lipinski definition) is 3. The van der Waals surface area contributed by atoms with Crippen molar-refractivity contribution in [3.05, 3.63) is 0 Å². The molecule has 0 aliphatic carbocycles. The Labute approximate surface area is 72.5 Å². The monoisotopic (exact) mass is 176 g/mol. The van der Waals surface area contributed by atoms with E-state index >= 15 is 0 Å². The first-order valence-electron chi connectivity index (χ1n) is 4.11. The van der Waals surface area contributed by atoms with Crippen molar-refractivity contribution in [1.82, 2.24) is 0 Å². The molecule has 1 aliphatic heterocycles. The fraction of sp³-hybridized carbons (Fsp3) is 1.00. The minimum atomic E-state index is -0.221. The van der Waals surface area contributed by atoms with Crippen molar-refractivity contribution in [2.24, 2.45) is 0 Å². The zero-order valence-electron chi connectivity index (χ0n) is 7.33. The Morgan fingerprint density at radius 2 is 2.36 bits per heavy atom. The van der Waals surface area contributed by atoms with Crippen LogP contribution in [0.4, 0.5) is 0 Å². The first-order chi connectivity index (χ1) is 5.08. The van der Waals surface area contributed by atoms with Gasteiger partial charge in [0.15, 0.2) is 0 Å². The molecule has 11 heavy (non-hydrogen) atoms. The molecule has 0 unspecified atom stereocenters. The van der Waals surface area contributed by atoms with Gasteiger partial charge < -0.3 is 9.29 Å². The lowest BCUT2D eigenvalue weighted by molar-refractivity contribution is 0.0582. The van der Waals surface area contributed by atoms with E-state index in [0.29, 0.717) is 0 Å². The van der Waals surface area contributed by atoms with Gasteiger partial charge in [0.1, 0.15) is 0 Å². The molecule has 1 saturated heterocycles. The molecule has 0 aromatic heterocycles. The molecule has 1 N–H and O–H groups in total. The summed E-state index contributed by atoms with van der Waals surface area (Å²) in [5.41, 5.74) is 0. The number of aliphatic hydroxyl groups is 1. The lowest BCUT2D eigenvalue weighted by Gasteiger charge is -2.38. The summed E-state index contributed by atoms with van der Waals surface area (Å²) in [6.07, 6.45) is 1.68. The van der Waals surface area contributed by atoms with Gasteiger partial charge in [-0.1, -0.05) is 6.92 Å². The van der Waals surface area contributed by atoms with Crippen molar-refractivity contribution < 1.29 is 9.29 Å². The van der Waals surface area contributed by atoms with Gasteiger partial charge in [0.2, 0.25) is 0 Å². The summed E-state index contributed by atoms with van der Waals surface area (Å²) >= 11 is 1.43. The highest BCUT2D eigenvalue weighted by Gasteiger charge is 2.38. The molecule has 0 aromatic rings. The van der Waals surface area contributed by atoms with E-state index < -0.39 is 0 Å². The standard InChI is InChI=1S/C8H16O2S/c1-4-8(3)7(9)5-6(2)10-11-8/h6-7,9H,4-5H2,1-3H3/t6-,7+,8-/m1/s1. The van der Waals surface area contributed by atoms with Crippen LogP contribution in [0.1, 0.15) is 33.6 Å². The summed E-state index contributed by atoms with van der Waals surface area (Å²) in [5, 5.41) is 9.70. The lowest BCUT2D eigenvalue weighted by atomic mass is 9.96. The summed E-state index contributed by atoms with van der Waals surface area (Å²) in [6, 6.07) is 0. The molecule has 66 valence electrons. The van der Waals surface area contributed by atoms with Crippen LogP contribution >= 0.6 is 12.0 Å². The Morgan fingerprint density at radius 1 is 1.73 bits per heavy atom. The van der Waals surface area contributed by atoms with E-state index in [9.17, 15) is 5.11 Å². The molecule has 0 spiro atoms. The van der Waals surface area contributed by atoms with Crippen LogP contribution in [0.2, 0.25) is 0 Å². The Morgan fingerprint density at radius 3 is 2.82 bits per heavy atom. The molecule has 3 heteroatoms. The van der Waals surface area contributed by atoms with Crippen LogP contribution in [0.15, 0.2) is 0 Å². The van der Waals surface area contributed by atoms with E-state index in [2.05, 4.69) is 6.92 Å². The van der Waals surface area contributed by atoms with Crippen LogP contribution in [-0.2, 0) is 4.18 Å². The molecule has 3 atom stereocenters. The van der Waals surface area contributed by atoms with Crippen LogP contribution < -0.4 is 0 Å². The van der Waals surface area contributed by atoms with Crippen molar-refractivity contribution in [3.8, 4) is 0 Å². The molecule has 0 amide bonds. The van der Waals surface area contributed by atoms with Gasteiger partial charge in [0.05, 0.1) is 17.0 Å². The second-order valence-corrected chi connectivity index (χ2v) is 4.70. The molecule has 1 fully saturated rings. The zero-order valence-corrected chi connectivity index (χ0v) is 8.15. The molecule has 0 saturated carbocycles. The molecule has 2 nitrogen and oxygen atoms in total. The summed E-state index contributed by atoms with van der Waals surface area (Å²) < 4.78 is 5.32. The van der Waals surface area contributed by atoms with E-state index in [1.165, 1.54) is 12.0 Å². The van der Waals surface area contributed by atoms with E-state index in [-0.39, 0.29) is 17.0 Å². The van der Waals surface area contributed by atoms with Crippen LogP contribution in [-0.4, -0.2) is 22.1 Å². The second-order valence-electron chi connectivity index (χ2n) is 3.41. The third kappa shape index (κ3) is 1.89. The van der Waals surface area contributed by atoms with Gasteiger partial charge in [0.25, 0.3) is 0 Å². The van der Waals surface area contributed by atoms with Gasteiger partial charge in [-0.3, -0.25) is 0 Å². The predicted molar refractivity (Wildman–Crippen MR) is 47.5 cm³/mol. The Hall–Kier alpha value is 0.270. The molecule has 0 aromatic carbocycles. The first-order valence-corrected chi connectivity index (χ1v) is 4.85. The van der Waals surface area contributed by atoms with Crippen molar-refractivity contribution in [3.63, 3.8) is 0 Å². The first kappa shape index (κ1) is 9.36. The average Bonchev–Trinajstić information content (AvgIpc) is 1.98. The fourth-order valence-electron chi connectivity index (χ4n) is 1.15. The normalized spacial score (nSPS) is 45.8. The molecule has 1 rings (SSSR count). The Balaban J connectivity index is 2.56. The number of hydrogen-bond donors (Lipinski definition) is 1. The maximum absolute atomic E-state index is 9.70. The van der Waals surface area contributed by atoms with Gasteiger partial charge in [-0.05, 0) is 20.3 Å². The van der Waals surface area contributed by atoms with Crippen LogP contribution in [0.25, 0.3) is 0 Å². The second kappa shape index (κ2) is 3.33. The van der Waals surface area contributed by atoms with Crippen LogP contribution in [0.3, 0.4) is 0 Å². The summed E-state index contributed by atoms with van der Waals surface area (Å²) in [4.78, 5) is 0. The molecule has 1 heterocycles. The highest BCUT2D eigenvalue weighted by atomic mass is 32.2. The minimum Gasteiger partial charge on any atom is -0.392 e. The van der Waals surface area contributed by atoms with Gasteiger partial charge in [-0.15, -0.1) is 0 Å². The molecular weight excluding hydrogens is 160 g/mol. The molecular formula is C8H16O2S. The van der Waals surface area contributed by atoms with Crippen molar-refractivity contribution in [2.45, 2.75) is 50.6 Å². The third-order valence-corrected chi connectivity index (χ3v) is 3.73. The largest absolute Gasteiger partial charge is 0.392 e. The Bertz CT molecular complexity index is 140. The van der Waals surface area contributed by atoms with Crippen molar-refractivity contribution in [1.29, 1.82) is 0 Å². The van der Waals surface area contributed by atoms with Crippen LogP contribution in [0, 0.1) is 0 Å². The third-order valence-electron chi connectivity index (χ3n) is 2.36. The zero-order chi connectivity index (χ0) is 8.48. The van der Waals surface area contributed by atoms with Crippen LogP contribution in [0.5, 0.6) is 0 Å². The topological polar surface area (TPSA) is 29.5 Å². The van der Waals surface area contributed by atoms with Crippen molar-refractivity contribution in [2.75, 3.05) is 0 Å². The molecule has 1 aliphatic rings. The molecule has 0 bridgehead atoms. The average molecular weight is 176 g/mol.